The minimum absolute atomic E-state index is 0.000339. The molecule has 47 heavy (non-hydrogen) atoms. The second-order valence-electron chi connectivity index (χ2n) is 10.3. The van der Waals surface area contributed by atoms with Crippen molar-refractivity contribution in [2.75, 3.05) is 37.2 Å². The zero-order valence-electron chi connectivity index (χ0n) is 26.0. The molecule has 0 N–H and O–H groups in total. The second-order valence-corrected chi connectivity index (χ2v) is 10.3. The molecule has 0 aliphatic carbocycles. The molecule has 256 valence electrons. The molecule has 2 unspecified atom stereocenters. The quantitative estimate of drug-likeness (QED) is 0.162. The third-order valence-electron chi connectivity index (χ3n) is 7.36. The number of carbonyl (C=O) groups is 2. The van der Waals surface area contributed by atoms with Crippen molar-refractivity contribution < 1.29 is 59.3 Å². The van der Waals surface area contributed by atoms with Crippen LogP contribution in [0, 0.1) is 0 Å². The van der Waals surface area contributed by atoms with E-state index < -0.39 is 59.7 Å². The predicted molar refractivity (Wildman–Crippen MR) is 153 cm³/mol. The molecule has 3 heterocycles. The molecular formula is C30H32F6N4O7. The van der Waals surface area contributed by atoms with E-state index in [9.17, 15) is 35.9 Å². The number of nitrogens with zero attached hydrogens (tertiary/aromatic N) is 4. The number of pyridine rings is 1. The highest BCUT2D eigenvalue weighted by Crippen LogP contribution is 2.49. The van der Waals surface area contributed by atoms with Gasteiger partial charge in [0.1, 0.15) is 12.0 Å². The highest BCUT2D eigenvalue weighted by molar-refractivity contribution is 5.92. The lowest BCUT2D eigenvalue weighted by Crippen LogP contribution is -2.48. The molecule has 17 heteroatoms. The fourth-order valence-electron chi connectivity index (χ4n) is 5.32. The normalized spacial score (nSPS) is 16.4. The van der Waals surface area contributed by atoms with Gasteiger partial charge in [0.25, 0.3) is 6.01 Å². The van der Waals surface area contributed by atoms with Crippen LogP contribution in [0.1, 0.15) is 72.4 Å². The number of oxazole rings is 1. The summed E-state index contributed by atoms with van der Waals surface area (Å²) in [4.78, 5) is 36.9. The Hall–Kier alpha value is -4.70. The topological polar surface area (TPSA) is 116 Å². The van der Waals surface area contributed by atoms with Crippen LogP contribution in [-0.2, 0) is 28.4 Å². The molecule has 0 spiro atoms. The van der Waals surface area contributed by atoms with Crippen LogP contribution >= 0.6 is 0 Å². The number of carbonyl (C=O) groups excluding carboxylic acids is 2. The van der Waals surface area contributed by atoms with Gasteiger partial charge in [-0.2, -0.15) is 36.3 Å². The molecule has 0 saturated carbocycles. The Kier molecular flexibility index (Phi) is 10.4. The molecule has 0 bridgehead atoms. The van der Waals surface area contributed by atoms with Gasteiger partial charge in [0.05, 0.1) is 44.6 Å². The number of ether oxygens (including phenoxy) is 4. The van der Waals surface area contributed by atoms with Crippen molar-refractivity contribution in [3.63, 3.8) is 0 Å². The van der Waals surface area contributed by atoms with Gasteiger partial charge >= 0.3 is 24.4 Å². The molecule has 1 aliphatic heterocycles. The predicted octanol–water partition coefficient (Wildman–Crippen LogP) is 7.19. The maximum atomic E-state index is 13.8. The Morgan fingerprint density at radius 2 is 1.57 bits per heavy atom. The lowest BCUT2D eigenvalue weighted by Gasteiger charge is -2.43. The number of benzene rings is 1. The van der Waals surface area contributed by atoms with Gasteiger partial charge in [-0.3, -0.25) is 4.90 Å². The minimum Gasteiger partial charge on any atom is -0.481 e. The first-order valence-corrected chi connectivity index (χ1v) is 14.4. The molecule has 2 aromatic heterocycles. The third kappa shape index (κ3) is 7.49. The van der Waals surface area contributed by atoms with Crippen LogP contribution in [0.15, 0.2) is 34.9 Å². The summed E-state index contributed by atoms with van der Waals surface area (Å²) in [5, 5.41) is 0. The summed E-state index contributed by atoms with van der Waals surface area (Å²) >= 11 is 0. The Morgan fingerprint density at radius 3 is 2.11 bits per heavy atom. The van der Waals surface area contributed by atoms with Gasteiger partial charge < -0.3 is 28.3 Å². The summed E-state index contributed by atoms with van der Waals surface area (Å²) in [6.07, 6.45) is -9.58. The highest BCUT2D eigenvalue weighted by Gasteiger charge is 2.44. The van der Waals surface area contributed by atoms with Crippen molar-refractivity contribution >= 4 is 23.8 Å². The van der Waals surface area contributed by atoms with Crippen LogP contribution in [0.4, 0.5) is 42.8 Å². The number of aromatic nitrogens is 2. The minimum atomic E-state index is -5.10. The monoisotopic (exact) mass is 674 g/mol. The van der Waals surface area contributed by atoms with Crippen molar-refractivity contribution in [1.82, 2.24) is 9.97 Å². The van der Waals surface area contributed by atoms with Crippen molar-refractivity contribution in [2.24, 2.45) is 0 Å². The molecule has 2 atom stereocenters. The molecule has 1 aromatic carbocycles. The summed E-state index contributed by atoms with van der Waals surface area (Å²) in [5.74, 6) is -0.895. The van der Waals surface area contributed by atoms with Gasteiger partial charge in [0, 0.05) is 24.2 Å². The van der Waals surface area contributed by atoms with Crippen LogP contribution in [0.2, 0.25) is 0 Å². The lowest BCUT2D eigenvalue weighted by atomic mass is 9.89. The first-order valence-electron chi connectivity index (χ1n) is 14.4. The average Bonchev–Trinajstić information content (AvgIpc) is 3.52. The van der Waals surface area contributed by atoms with Crippen LogP contribution in [-0.4, -0.2) is 55.5 Å². The average molecular weight is 675 g/mol. The maximum absolute atomic E-state index is 13.8. The summed E-state index contributed by atoms with van der Waals surface area (Å²) in [5.41, 5.74) is -3.29. The van der Waals surface area contributed by atoms with Crippen molar-refractivity contribution in [2.45, 2.75) is 64.6 Å². The van der Waals surface area contributed by atoms with Gasteiger partial charge in [0.15, 0.2) is 5.69 Å². The van der Waals surface area contributed by atoms with Gasteiger partial charge in [-0.1, -0.05) is 6.92 Å². The number of alkyl halides is 6. The number of hydrogen-bond acceptors (Lipinski definition) is 10. The second kappa shape index (κ2) is 14.0. The third-order valence-corrected chi connectivity index (χ3v) is 7.36. The molecule has 0 radical (unpaired) electrons. The number of methoxy groups -OCH3 is 2. The van der Waals surface area contributed by atoms with Gasteiger partial charge in [-0.25, -0.2) is 9.59 Å². The molecule has 0 fully saturated rings. The Labute approximate surface area is 265 Å². The lowest BCUT2D eigenvalue weighted by molar-refractivity contribution is -0.143. The Morgan fingerprint density at radius 1 is 0.936 bits per heavy atom. The van der Waals surface area contributed by atoms with Crippen LogP contribution in [0.3, 0.4) is 0 Å². The number of anilines is 2. The van der Waals surface area contributed by atoms with Gasteiger partial charge in [0.2, 0.25) is 11.8 Å². The molecule has 1 aliphatic rings. The summed E-state index contributed by atoms with van der Waals surface area (Å²) in [6.45, 7) is 4.38. The zero-order chi connectivity index (χ0) is 34.7. The van der Waals surface area contributed by atoms with Crippen LogP contribution in [0.25, 0.3) is 0 Å². The fraction of sp³-hybridized carbons (Fsp3) is 0.467. The number of fused-ring (bicyclic) bond motifs is 1. The van der Waals surface area contributed by atoms with E-state index in [-0.39, 0.29) is 60.4 Å². The van der Waals surface area contributed by atoms with Crippen molar-refractivity contribution in [3.05, 3.63) is 58.5 Å². The molecular weight excluding hydrogens is 642 g/mol. The first kappa shape index (κ1) is 35.2. The molecule has 1 amide bonds. The molecule has 4 rings (SSSR count). The maximum Gasteiger partial charge on any atom is 0.416 e. The van der Waals surface area contributed by atoms with E-state index in [1.54, 1.807) is 20.8 Å². The van der Waals surface area contributed by atoms with E-state index in [1.165, 1.54) is 30.1 Å². The summed E-state index contributed by atoms with van der Waals surface area (Å²) < 4.78 is 110. The Bertz CT molecular complexity index is 1560. The molecule has 11 nitrogen and oxygen atoms in total. The zero-order valence-corrected chi connectivity index (χ0v) is 26.0. The van der Waals surface area contributed by atoms with E-state index in [0.717, 1.165) is 6.26 Å². The fourth-order valence-corrected chi connectivity index (χ4v) is 5.32. The van der Waals surface area contributed by atoms with E-state index in [2.05, 4.69) is 9.97 Å². The molecule has 3 aromatic rings. The van der Waals surface area contributed by atoms with E-state index >= 15 is 0 Å². The van der Waals surface area contributed by atoms with Crippen molar-refractivity contribution in [3.8, 4) is 11.8 Å². The Balaban J connectivity index is 1.98. The molecule has 0 saturated heterocycles. The smallest absolute Gasteiger partial charge is 0.416 e. The highest BCUT2D eigenvalue weighted by atomic mass is 19.4. The number of amides is 1. The van der Waals surface area contributed by atoms with Crippen LogP contribution in [0.5, 0.6) is 11.8 Å². The number of halogens is 6. The largest absolute Gasteiger partial charge is 0.481 e. The van der Waals surface area contributed by atoms with E-state index in [0.29, 0.717) is 18.6 Å². The number of hydrogen-bond donors (Lipinski definition) is 0. The van der Waals surface area contributed by atoms with E-state index in [1.807, 2.05) is 0 Å². The van der Waals surface area contributed by atoms with Gasteiger partial charge in [-0.15, -0.1) is 0 Å². The number of rotatable bonds is 10. The van der Waals surface area contributed by atoms with Gasteiger partial charge in [-0.05, 0) is 50.5 Å². The SMILES string of the molecule is CCOC(=O)c1coc(N(Cc2cc(C(F)(F)F)cc(C(F)(F)F)c2)C2CC(CC)N(C(=O)OCC)c3c2cc(OC)nc3OC)n1. The van der Waals surface area contributed by atoms with E-state index in [4.69, 9.17) is 23.4 Å². The number of esters is 1. The first-order chi connectivity index (χ1) is 22.2. The van der Waals surface area contributed by atoms with Crippen LogP contribution < -0.4 is 19.3 Å². The summed E-state index contributed by atoms with van der Waals surface area (Å²) in [7, 11) is 2.62. The van der Waals surface area contributed by atoms with Crippen molar-refractivity contribution in [1.29, 1.82) is 0 Å². The summed E-state index contributed by atoms with van der Waals surface area (Å²) in [6, 6.07) is 0.766. The standard InChI is InChI=1S/C30H32F6N4O7/c1-6-19-12-22(20-13-23(43-4)38-25(44-5)24(20)40(19)28(42)46-8-3)39(27-37-21(15-47-27)26(41)45-7-2)14-16-9-17(29(31,32)33)11-18(10-16)30(34,35)36/h9-11,13,15,19,22H,6-8,12,14H2,1-5H3.